The lowest BCUT2D eigenvalue weighted by Crippen LogP contribution is -2.41. The number of amides is 1. The van der Waals surface area contributed by atoms with Crippen molar-refractivity contribution >= 4 is 28.7 Å². The number of thioether (sulfide) groups is 1. The van der Waals surface area contributed by atoms with Gasteiger partial charge in [-0.1, -0.05) is 30.0 Å². The summed E-state index contributed by atoms with van der Waals surface area (Å²) in [4.78, 5) is 18.0. The van der Waals surface area contributed by atoms with Crippen LogP contribution >= 0.6 is 11.8 Å². The number of carbonyl (C=O) groups is 1. The number of carbonyl (C=O) groups excluding carboxylic acids is 1. The molecule has 2 aliphatic heterocycles. The molecule has 1 fully saturated rings. The summed E-state index contributed by atoms with van der Waals surface area (Å²) in [5, 5.41) is 8.41. The Hall–Kier alpha value is -1.36. The Balaban J connectivity index is 2.08. The topological polar surface area (TPSA) is 56.5 Å². The van der Waals surface area contributed by atoms with Crippen LogP contribution in [0.4, 0.5) is 0 Å². The highest BCUT2D eigenvalue weighted by molar-refractivity contribution is 8.17. The molecule has 1 N–H and O–H groups in total. The molecule has 2 heterocycles. The van der Waals surface area contributed by atoms with Crippen LogP contribution < -0.4 is 0 Å². The Bertz CT molecular complexity index is 435. The monoisotopic (exact) mass is 205 g/mol. The lowest BCUT2D eigenvalue weighted by atomic mass is 10.2. The van der Waals surface area contributed by atoms with Gasteiger partial charge in [0, 0.05) is 4.91 Å². The molecule has 5 heteroatoms. The van der Waals surface area contributed by atoms with Crippen LogP contribution in [0, 0.1) is 5.41 Å². The average molecular weight is 205 g/mol. The van der Waals surface area contributed by atoms with E-state index in [9.17, 15) is 4.79 Å². The van der Waals surface area contributed by atoms with Crippen molar-refractivity contribution in [2.75, 3.05) is 0 Å². The van der Waals surface area contributed by atoms with E-state index in [1.165, 1.54) is 11.8 Å². The smallest absolute Gasteiger partial charge is 0.255 e. The molecule has 0 bridgehead atoms. The number of nitrogens with one attached hydrogen (secondary N) is 1. The van der Waals surface area contributed by atoms with Gasteiger partial charge in [-0.05, 0) is 0 Å². The minimum Gasteiger partial charge on any atom is -0.297 e. The third-order valence-corrected chi connectivity index (χ3v) is 3.45. The SMILES string of the molecule is N=C1CC(=O)N=C2SC3=CC=CC3N12. The first-order valence-corrected chi connectivity index (χ1v) is 5.12. The summed E-state index contributed by atoms with van der Waals surface area (Å²) >= 11 is 1.49. The van der Waals surface area contributed by atoms with Crippen LogP contribution in [0.2, 0.25) is 0 Å². The zero-order valence-corrected chi connectivity index (χ0v) is 8.04. The second kappa shape index (κ2) is 2.57. The van der Waals surface area contributed by atoms with Gasteiger partial charge in [-0.2, -0.15) is 4.99 Å². The number of rotatable bonds is 0. The normalized spacial score (nSPS) is 28.9. The fraction of sp³-hybridized carbons (Fsp3) is 0.222. The van der Waals surface area contributed by atoms with Crippen molar-refractivity contribution in [2.45, 2.75) is 12.5 Å². The quantitative estimate of drug-likeness (QED) is 0.644. The zero-order valence-electron chi connectivity index (χ0n) is 7.23. The van der Waals surface area contributed by atoms with Crippen LogP contribution in [0.3, 0.4) is 0 Å². The highest BCUT2D eigenvalue weighted by Crippen LogP contribution is 2.40. The molecule has 70 valence electrons. The van der Waals surface area contributed by atoms with Gasteiger partial charge in [0.25, 0.3) is 5.91 Å². The van der Waals surface area contributed by atoms with Gasteiger partial charge >= 0.3 is 0 Å². The molecule has 1 saturated heterocycles. The van der Waals surface area contributed by atoms with Crippen molar-refractivity contribution in [2.24, 2.45) is 4.99 Å². The lowest BCUT2D eigenvalue weighted by molar-refractivity contribution is -0.117. The van der Waals surface area contributed by atoms with Gasteiger partial charge in [0.2, 0.25) is 0 Å². The summed E-state index contributed by atoms with van der Waals surface area (Å²) in [5.41, 5.74) is 0. The van der Waals surface area contributed by atoms with Gasteiger partial charge in [-0.3, -0.25) is 15.1 Å². The van der Waals surface area contributed by atoms with E-state index in [4.69, 9.17) is 5.41 Å². The number of allylic oxidation sites excluding steroid dienone is 2. The fourth-order valence-electron chi connectivity index (χ4n) is 1.76. The highest BCUT2D eigenvalue weighted by Gasteiger charge is 2.40. The summed E-state index contributed by atoms with van der Waals surface area (Å²) in [6.07, 6.45) is 6.14. The van der Waals surface area contributed by atoms with E-state index < -0.39 is 0 Å². The van der Waals surface area contributed by atoms with Crippen LogP contribution in [0.1, 0.15) is 6.42 Å². The van der Waals surface area contributed by atoms with Crippen molar-refractivity contribution < 1.29 is 4.79 Å². The maximum atomic E-state index is 11.1. The summed E-state index contributed by atoms with van der Waals surface area (Å²) in [6.45, 7) is 0. The molecule has 0 aromatic rings. The standard InChI is InChI=1S/C9H7N3OS/c10-7-4-8(13)11-9-12(7)5-2-1-3-6(5)14-9/h1-3,5,10H,4H2. The first-order valence-electron chi connectivity index (χ1n) is 4.30. The van der Waals surface area contributed by atoms with Gasteiger partial charge in [0.05, 0.1) is 12.5 Å². The Morgan fingerprint density at radius 1 is 1.64 bits per heavy atom. The van der Waals surface area contributed by atoms with Crippen molar-refractivity contribution in [3.8, 4) is 0 Å². The minimum absolute atomic E-state index is 0.124. The number of amidine groups is 2. The minimum atomic E-state index is -0.210. The summed E-state index contributed by atoms with van der Waals surface area (Å²) < 4.78 is 0. The van der Waals surface area contributed by atoms with E-state index in [-0.39, 0.29) is 18.4 Å². The number of hydrogen-bond donors (Lipinski definition) is 1. The van der Waals surface area contributed by atoms with Gasteiger partial charge in [-0.15, -0.1) is 0 Å². The molecular formula is C9H7N3OS. The van der Waals surface area contributed by atoms with Crippen LogP contribution in [0.5, 0.6) is 0 Å². The largest absolute Gasteiger partial charge is 0.297 e. The second-order valence-electron chi connectivity index (χ2n) is 3.28. The molecule has 4 nitrogen and oxygen atoms in total. The van der Waals surface area contributed by atoms with E-state index in [0.717, 1.165) is 4.91 Å². The summed E-state index contributed by atoms with van der Waals surface area (Å²) in [6, 6.07) is 0.124. The molecular weight excluding hydrogens is 198 g/mol. The Kier molecular flexibility index (Phi) is 1.47. The average Bonchev–Trinajstić information content (AvgIpc) is 2.60. The lowest BCUT2D eigenvalue weighted by Gasteiger charge is -2.25. The van der Waals surface area contributed by atoms with Gasteiger partial charge in [0.15, 0.2) is 5.17 Å². The second-order valence-corrected chi connectivity index (χ2v) is 4.32. The van der Waals surface area contributed by atoms with Crippen LogP contribution in [0.25, 0.3) is 0 Å². The van der Waals surface area contributed by atoms with Gasteiger partial charge in [-0.25, -0.2) is 0 Å². The van der Waals surface area contributed by atoms with Crippen LogP contribution in [-0.2, 0) is 4.79 Å². The van der Waals surface area contributed by atoms with Crippen LogP contribution in [0.15, 0.2) is 28.1 Å². The van der Waals surface area contributed by atoms with Crippen molar-refractivity contribution in [1.82, 2.24) is 4.90 Å². The molecule has 0 aromatic heterocycles. The van der Waals surface area contributed by atoms with Crippen molar-refractivity contribution in [1.29, 1.82) is 5.41 Å². The molecule has 3 rings (SSSR count). The summed E-state index contributed by atoms with van der Waals surface area (Å²) in [7, 11) is 0. The molecule has 0 aromatic carbocycles. The molecule has 1 atom stereocenters. The Labute approximate surface area is 84.9 Å². The molecule has 14 heavy (non-hydrogen) atoms. The maximum absolute atomic E-state index is 11.1. The first kappa shape index (κ1) is 7.99. The molecule has 1 unspecified atom stereocenters. The number of fused-ring (bicyclic) bond motifs is 3. The highest BCUT2D eigenvalue weighted by atomic mass is 32.2. The summed E-state index contributed by atoms with van der Waals surface area (Å²) in [5.74, 6) is 0.144. The van der Waals surface area contributed by atoms with E-state index >= 15 is 0 Å². The molecule has 3 aliphatic rings. The van der Waals surface area contributed by atoms with Crippen LogP contribution in [-0.4, -0.2) is 27.9 Å². The third-order valence-electron chi connectivity index (χ3n) is 2.37. The third kappa shape index (κ3) is 0.928. The molecule has 0 spiro atoms. The molecule has 0 radical (unpaired) electrons. The number of aliphatic imine (C=N–C) groups is 1. The molecule has 0 saturated carbocycles. The van der Waals surface area contributed by atoms with E-state index in [1.807, 2.05) is 23.1 Å². The van der Waals surface area contributed by atoms with E-state index in [2.05, 4.69) is 4.99 Å². The van der Waals surface area contributed by atoms with E-state index in [1.54, 1.807) is 0 Å². The first-order chi connectivity index (χ1) is 6.75. The predicted molar refractivity (Wildman–Crippen MR) is 55.2 cm³/mol. The fourth-order valence-corrected chi connectivity index (χ4v) is 2.90. The van der Waals surface area contributed by atoms with Gasteiger partial charge < -0.3 is 0 Å². The van der Waals surface area contributed by atoms with Crippen molar-refractivity contribution in [3.63, 3.8) is 0 Å². The number of nitrogens with zero attached hydrogens (tertiary/aromatic N) is 2. The number of hydrogen-bond acceptors (Lipinski definition) is 3. The Morgan fingerprint density at radius 2 is 2.50 bits per heavy atom. The predicted octanol–water partition coefficient (Wildman–Crippen LogP) is 1.12. The van der Waals surface area contributed by atoms with Gasteiger partial charge in [0.1, 0.15) is 5.84 Å². The Morgan fingerprint density at radius 3 is 3.36 bits per heavy atom. The molecule has 1 aliphatic carbocycles. The van der Waals surface area contributed by atoms with E-state index in [0.29, 0.717) is 11.0 Å². The maximum Gasteiger partial charge on any atom is 0.255 e. The van der Waals surface area contributed by atoms with Crippen molar-refractivity contribution in [3.05, 3.63) is 23.1 Å². The molecule has 1 amide bonds. The zero-order chi connectivity index (χ0) is 9.71.